The molecule has 2 heteroatoms. The molecule has 2 nitrogen and oxygen atoms in total. The molecule has 0 heterocycles. The molecule has 0 amide bonds. The summed E-state index contributed by atoms with van der Waals surface area (Å²) in [6.45, 7) is 25.6. The van der Waals surface area contributed by atoms with Crippen molar-refractivity contribution in [3.63, 3.8) is 0 Å². The van der Waals surface area contributed by atoms with Crippen LogP contribution < -0.4 is 9.80 Å². The van der Waals surface area contributed by atoms with Gasteiger partial charge in [0.1, 0.15) is 0 Å². The summed E-state index contributed by atoms with van der Waals surface area (Å²) in [6.07, 6.45) is 39.8. The van der Waals surface area contributed by atoms with E-state index in [1.165, 1.54) is 127 Å². The van der Waals surface area contributed by atoms with Crippen LogP contribution in [0.25, 0.3) is 77.5 Å². The number of hydrogen-bond acceptors (Lipinski definition) is 2. The third-order valence-corrected chi connectivity index (χ3v) is 16.9. The molecule has 77 heavy (non-hydrogen) atoms. The summed E-state index contributed by atoms with van der Waals surface area (Å²) in [7, 11) is 0. The number of nitrogens with zero attached hydrogens (tertiary/aromatic N) is 2. The van der Waals surface area contributed by atoms with Crippen LogP contribution in [0.2, 0.25) is 0 Å². The Bertz CT molecular complexity index is 3940. The van der Waals surface area contributed by atoms with Gasteiger partial charge in [0.05, 0.1) is 17.1 Å². The summed E-state index contributed by atoms with van der Waals surface area (Å²) in [5.41, 5.74) is 23.7. The molecule has 0 saturated carbocycles. The highest BCUT2D eigenvalue weighted by Gasteiger charge is 2.44. The lowest BCUT2D eigenvalue weighted by Gasteiger charge is -2.36. The average Bonchev–Trinajstić information content (AvgIpc) is 4.18. The lowest BCUT2D eigenvalue weighted by atomic mass is 9.68. The molecule has 382 valence electrons. The normalized spacial score (nSPS) is 17.6. The van der Waals surface area contributed by atoms with E-state index in [0.29, 0.717) is 6.54 Å². The number of rotatable bonds is 12. The van der Waals surface area contributed by atoms with Gasteiger partial charge in [0.2, 0.25) is 0 Å². The van der Waals surface area contributed by atoms with Crippen molar-refractivity contribution in [2.45, 2.75) is 81.6 Å². The summed E-state index contributed by atoms with van der Waals surface area (Å²) in [6, 6.07) is 39.8. The highest BCUT2D eigenvalue weighted by Crippen LogP contribution is 2.64. The number of anilines is 3. The van der Waals surface area contributed by atoms with Crippen molar-refractivity contribution >= 4 is 72.3 Å². The predicted molar refractivity (Wildman–Crippen MR) is 337 cm³/mol. The molecule has 7 aromatic carbocycles. The molecular formula is C75H72N2. The van der Waals surface area contributed by atoms with Crippen LogP contribution in [0.3, 0.4) is 0 Å². The van der Waals surface area contributed by atoms with Gasteiger partial charge in [-0.25, -0.2) is 0 Å². The Balaban J connectivity index is 1.32. The summed E-state index contributed by atoms with van der Waals surface area (Å²) in [5, 5.41) is 7.52. The first kappa shape index (κ1) is 49.9. The Morgan fingerprint density at radius 1 is 0.623 bits per heavy atom. The largest absolute Gasteiger partial charge is 0.336 e. The molecule has 0 aliphatic heterocycles. The second-order valence-corrected chi connectivity index (χ2v) is 23.6. The van der Waals surface area contributed by atoms with Crippen molar-refractivity contribution in [1.29, 1.82) is 0 Å². The first-order valence-electron chi connectivity index (χ1n) is 28.2. The van der Waals surface area contributed by atoms with Crippen molar-refractivity contribution in [3.8, 4) is 22.3 Å². The number of fused-ring (bicyclic) bond motifs is 9. The zero-order valence-electron chi connectivity index (χ0n) is 46.6. The number of benzene rings is 7. The molecule has 0 spiro atoms. The molecule has 5 aliphatic carbocycles. The molecule has 0 aromatic heterocycles. The van der Waals surface area contributed by atoms with Gasteiger partial charge in [-0.1, -0.05) is 219 Å². The van der Waals surface area contributed by atoms with E-state index in [4.69, 9.17) is 0 Å². The molecule has 0 N–H and O–H groups in total. The molecule has 12 rings (SSSR count). The minimum atomic E-state index is -0.0265. The van der Waals surface area contributed by atoms with Crippen molar-refractivity contribution in [2.75, 3.05) is 16.3 Å². The summed E-state index contributed by atoms with van der Waals surface area (Å²) in [4.78, 5) is 5.25. The predicted octanol–water partition coefficient (Wildman–Crippen LogP) is 20.7. The zero-order valence-corrected chi connectivity index (χ0v) is 46.6. The Morgan fingerprint density at radius 3 is 2.00 bits per heavy atom. The monoisotopic (exact) mass is 1000 g/mol. The van der Waals surface area contributed by atoms with Crippen LogP contribution in [0.5, 0.6) is 0 Å². The van der Waals surface area contributed by atoms with Crippen LogP contribution in [0.4, 0.5) is 17.1 Å². The van der Waals surface area contributed by atoms with Gasteiger partial charge in [-0.3, -0.25) is 0 Å². The Morgan fingerprint density at radius 2 is 1.29 bits per heavy atom. The third-order valence-electron chi connectivity index (χ3n) is 16.9. The number of hydrogen-bond donors (Lipinski definition) is 0. The zero-order chi connectivity index (χ0) is 53.3. The van der Waals surface area contributed by atoms with Gasteiger partial charge in [-0.05, 0) is 152 Å². The summed E-state index contributed by atoms with van der Waals surface area (Å²) >= 11 is 0. The maximum atomic E-state index is 4.07. The highest BCUT2D eigenvalue weighted by atomic mass is 15.2. The van der Waals surface area contributed by atoms with Crippen molar-refractivity contribution in [1.82, 2.24) is 0 Å². The van der Waals surface area contributed by atoms with Gasteiger partial charge >= 0.3 is 0 Å². The number of aryl methyl sites for hydroxylation is 2. The fourth-order valence-corrected chi connectivity index (χ4v) is 13.3. The van der Waals surface area contributed by atoms with E-state index in [0.717, 1.165) is 24.9 Å². The first-order valence-corrected chi connectivity index (χ1v) is 28.2. The Kier molecular flexibility index (Phi) is 12.7. The number of allylic oxidation sites excluding steroid dienone is 17. The second-order valence-electron chi connectivity index (χ2n) is 23.6. The minimum absolute atomic E-state index is 0.0245. The van der Waals surface area contributed by atoms with E-state index in [-0.39, 0.29) is 22.7 Å². The second kappa shape index (κ2) is 19.6. The van der Waals surface area contributed by atoms with Crippen LogP contribution >= 0.6 is 0 Å². The smallest absolute Gasteiger partial charge is 0.0620 e. The van der Waals surface area contributed by atoms with Crippen molar-refractivity contribution < 1.29 is 0 Å². The van der Waals surface area contributed by atoms with Gasteiger partial charge in [0.25, 0.3) is 0 Å². The van der Waals surface area contributed by atoms with Crippen molar-refractivity contribution in [2.24, 2.45) is 22.7 Å². The topological polar surface area (TPSA) is 6.48 Å². The van der Waals surface area contributed by atoms with E-state index in [1.54, 1.807) is 0 Å². The van der Waals surface area contributed by atoms with Crippen LogP contribution in [-0.2, 0) is 12.8 Å². The molecular weight excluding hydrogens is 929 g/mol. The van der Waals surface area contributed by atoms with Gasteiger partial charge in [-0.2, -0.15) is 0 Å². The van der Waals surface area contributed by atoms with Crippen LogP contribution in [0.15, 0.2) is 212 Å². The molecule has 0 radical (unpaired) electrons. The molecule has 0 saturated heterocycles. The van der Waals surface area contributed by atoms with Crippen LogP contribution in [0.1, 0.15) is 102 Å². The van der Waals surface area contributed by atoms with E-state index < -0.39 is 0 Å². The quantitative estimate of drug-likeness (QED) is 0.0889. The maximum Gasteiger partial charge on any atom is 0.0620 e. The summed E-state index contributed by atoms with van der Waals surface area (Å²) in [5.74, 6) is 0.487. The standard InChI is InChI=1S/C75H72N2/c1-11-15-17-23-39-76(66-37-25-31-49-29-19-21-33-55(49)66)72-63-46-59-60(62-45-53(75(8,9)10)42-51-41-52(74(5,6)7)44-61(59)68(51)62)47-64(63)73(77(40-24-18-16-12-2)67-38-26-32-50-30-20-22-34-56(50)67)71-65-43-48(14-4)54(28-13-3)57-35-27-36-58(69(57)65)70(71)72/h11-13,15-25,27-31,33-39,41-47,51,68H,1,14,26,32,40H2,2-10H3/b16-12-,17-15-,24-18-,28-13-,39-23-. The molecule has 2 unspecified atom stereocenters. The Hall–Kier alpha value is -7.94. The van der Waals surface area contributed by atoms with Gasteiger partial charge in [0.15, 0.2) is 0 Å². The lowest BCUT2D eigenvalue weighted by molar-refractivity contribution is 0.491. The lowest BCUT2D eigenvalue weighted by Crippen LogP contribution is -2.25. The summed E-state index contributed by atoms with van der Waals surface area (Å²) < 4.78 is 0. The third kappa shape index (κ3) is 8.31. The van der Waals surface area contributed by atoms with Gasteiger partial charge in [-0.15, -0.1) is 0 Å². The molecule has 7 aromatic rings. The van der Waals surface area contributed by atoms with E-state index >= 15 is 0 Å². The van der Waals surface area contributed by atoms with Gasteiger partial charge < -0.3 is 9.80 Å². The fraction of sp³-hybridized carbons (Fsp3) is 0.227. The first-order chi connectivity index (χ1) is 37.3. The molecule has 5 aliphatic rings. The van der Waals surface area contributed by atoms with Crippen molar-refractivity contribution in [3.05, 3.63) is 245 Å². The molecule has 0 bridgehead atoms. The SMILES string of the molecule is C=C/C=C\C=C/N(c1cccc2ccccc12)c1c2c(c(N(C/C=C\C=C/C)C3=CCCc4ccccc43)c3cc4c(cc13)C1=CC(C(C)(C)C)=CC3C=C(C(C)(C)C)C=C4C13)-c1cc(CC)c(/C=C\C)c3cccc-2c13. The maximum absolute atomic E-state index is 4.07. The van der Waals surface area contributed by atoms with E-state index in [9.17, 15) is 0 Å². The Labute approximate surface area is 458 Å². The van der Waals surface area contributed by atoms with Crippen LogP contribution in [-0.4, -0.2) is 6.54 Å². The minimum Gasteiger partial charge on any atom is -0.336 e. The highest BCUT2D eigenvalue weighted by molar-refractivity contribution is 6.30. The van der Waals surface area contributed by atoms with Crippen LogP contribution in [0, 0.1) is 22.7 Å². The van der Waals surface area contributed by atoms with E-state index in [2.05, 4.69) is 267 Å². The molecule has 0 fully saturated rings. The van der Waals surface area contributed by atoms with Gasteiger partial charge in [0, 0.05) is 63.1 Å². The van der Waals surface area contributed by atoms with E-state index in [1.807, 2.05) is 12.2 Å². The molecule has 2 atom stereocenters. The average molecular weight is 1000 g/mol. The fourth-order valence-electron chi connectivity index (χ4n) is 13.3.